The van der Waals surface area contributed by atoms with Crippen LogP contribution in [0.1, 0.15) is 24.0 Å². The van der Waals surface area contributed by atoms with Crippen LogP contribution in [-0.2, 0) is 4.79 Å². The van der Waals surface area contributed by atoms with Crippen molar-refractivity contribution in [1.29, 1.82) is 0 Å². The van der Waals surface area contributed by atoms with Crippen molar-refractivity contribution in [2.24, 2.45) is 0 Å². The van der Waals surface area contributed by atoms with Gasteiger partial charge in [-0.2, -0.15) is 0 Å². The Kier molecular flexibility index (Phi) is 3.80. The highest BCUT2D eigenvalue weighted by Gasteiger charge is 2.13. The summed E-state index contributed by atoms with van der Waals surface area (Å²) in [5, 5.41) is 12.2. The van der Waals surface area contributed by atoms with Crippen molar-refractivity contribution in [2.45, 2.75) is 19.8 Å². The van der Waals surface area contributed by atoms with Crippen LogP contribution in [0.2, 0.25) is 0 Å². The number of anilines is 2. The molecule has 0 amide bonds. The lowest BCUT2D eigenvalue weighted by atomic mass is 10.0. The van der Waals surface area contributed by atoms with Gasteiger partial charge in [0.15, 0.2) is 0 Å². The van der Waals surface area contributed by atoms with Crippen LogP contribution >= 0.6 is 0 Å². The van der Waals surface area contributed by atoms with Gasteiger partial charge in [-0.05, 0) is 43.2 Å². The van der Waals surface area contributed by atoms with E-state index in [1.807, 2.05) is 43.3 Å². The van der Waals surface area contributed by atoms with Gasteiger partial charge >= 0.3 is 5.97 Å². The molecule has 0 spiro atoms. The maximum atomic E-state index is 10.9. The van der Waals surface area contributed by atoms with Gasteiger partial charge in [-0.15, -0.1) is 0 Å². The summed E-state index contributed by atoms with van der Waals surface area (Å²) in [4.78, 5) is 15.1. The van der Waals surface area contributed by atoms with Crippen LogP contribution in [-0.4, -0.2) is 16.1 Å². The van der Waals surface area contributed by atoms with Gasteiger partial charge in [0, 0.05) is 11.9 Å². The SMILES string of the molecule is Cc1cccnc1Nc1ccc([C@@H](C)C(=O)O)cc1. The van der Waals surface area contributed by atoms with Crippen molar-refractivity contribution in [3.05, 3.63) is 53.7 Å². The Bertz CT molecular complexity index is 579. The molecule has 0 radical (unpaired) electrons. The predicted molar refractivity (Wildman–Crippen MR) is 74.7 cm³/mol. The Hall–Kier alpha value is -2.36. The molecule has 0 saturated carbocycles. The molecule has 1 heterocycles. The molecule has 0 aliphatic rings. The number of nitrogens with one attached hydrogen (secondary N) is 1. The van der Waals surface area contributed by atoms with Crippen LogP contribution in [0.4, 0.5) is 11.5 Å². The minimum absolute atomic E-state index is 0.495. The molecule has 0 aliphatic carbocycles. The zero-order chi connectivity index (χ0) is 13.8. The number of aliphatic carboxylic acids is 1. The molecule has 0 saturated heterocycles. The van der Waals surface area contributed by atoms with E-state index in [1.54, 1.807) is 13.1 Å². The fraction of sp³-hybridized carbons (Fsp3) is 0.200. The fourth-order valence-electron chi connectivity index (χ4n) is 1.75. The normalized spacial score (nSPS) is 11.9. The Morgan fingerprint density at radius 1 is 1.26 bits per heavy atom. The number of aromatic nitrogens is 1. The summed E-state index contributed by atoms with van der Waals surface area (Å²) in [7, 11) is 0. The summed E-state index contributed by atoms with van der Waals surface area (Å²) in [5.41, 5.74) is 2.74. The number of pyridine rings is 1. The van der Waals surface area contributed by atoms with Crippen molar-refractivity contribution < 1.29 is 9.90 Å². The van der Waals surface area contributed by atoms with E-state index in [2.05, 4.69) is 10.3 Å². The lowest BCUT2D eigenvalue weighted by Crippen LogP contribution is -2.07. The van der Waals surface area contributed by atoms with Gasteiger partial charge in [-0.3, -0.25) is 4.79 Å². The number of carboxylic acids is 1. The number of benzene rings is 1. The lowest BCUT2D eigenvalue weighted by Gasteiger charge is -2.10. The van der Waals surface area contributed by atoms with Crippen LogP contribution in [0.25, 0.3) is 0 Å². The van der Waals surface area contributed by atoms with Crippen LogP contribution in [0.15, 0.2) is 42.6 Å². The van der Waals surface area contributed by atoms with Crippen molar-refractivity contribution in [3.63, 3.8) is 0 Å². The number of carboxylic acid groups (broad SMARTS) is 1. The van der Waals surface area contributed by atoms with Gasteiger partial charge < -0.3 is 10.4 Å². The van der Waals surface area contributed by atoms with Crippen LogP contribution in [0.3, 0.4) is 0 Å². The zero-order valence-electron chi connectivity index (χ0n) is 10.9. The second kappa shape index (κ2) is 5.52. The maximum absolute atomic E-state index is 10.9. The zero-order valence-corrected chi connectivity index (χ0v) is 10.9. The lowest BCUT2D eigenvalue weighted by molar-refractivity contribution is -0.138. The largest absolute Gasteiger partial charge is 0.481 e. The fourth-order valence-corrected chi connectivity index (χ4v) is 1.75. The standard InChI is InChI=1S/C15H16N2O2/c1-10-4-3-9-16-14(10)17-13-7-5-12(6-8-13)11(2)15(18)19/h3-9,11H,1-2H3,(H,16,17)(H,18,19)/t11-/m1/s1. The molecule has 98 valence electrons. The number of hydrogen-bond donors (Lipinski definition) is 2. The number of rotatable bonds is 4. The molecule has 1 aromatic heterocycles. The van der Waals surface area contributed by atoms with Crippen LogP contribution in [0.5, 0.6) is 0 Å². The van der Waals surface area contributed by atoms with E-state index < -0.39 is 11.9 Å². The highest BCUT2D eigenvalue weighted by Crippen LogP contribution is 2.21. The summed E-state index contributed by atoms with van der Waals surface area (Å²) >= 11 is 0. The molecular weight excluding hydrogens is 240 g/mol. The van der Waals surface area contributed by atoms with Gasteiger partial charge in [0.05, 0.1) is 5.92 Å². The highest BCUT2D eigenvalue weighted by atomic mass is 16.4. The Morgan fingerprint density at radius 2 is 1.95 bits per heavy atom. The second-order valence-electron chi connectivity index (χ2n) is 4.48. The quantitative estimate of drug-likeness (QED) is 0.880. The number of hydrogen-bond acceptors (Lipinski definition) is 3. The van der Waals surface area contributed by atoms with Gasteiger partial charge in [-0.1, -0.05) is 18.2 Å². The van der Waals surface area contributed by atoms with Crippen LogP contribution < -0.4 is 5.32 Å². The number of aryl methyl sites for hydroxylation is 1. The average Bonchev–Trinajstić information content (AvgIpc) is 2.41. The van der Waals surface area contributed by atoms with Gasteiger partial charge in [0.2, 0.25) is 0 Å². The van der Waals surface area contributed by atoms with E-state index in [1.165, 1.54) is 0 Å². The first-order valence-electron chi connectivity index (χ1n) is 6.09. The second-order valence-corrected chi connectivity index (χ2v) is 4.48. The summed E-state index contributed by atoms with van der Waals surface area (Å²) in [5.74, 6) is -0.506. The highest BCUT2D eigenvalue weighted by molar-refractivity contribution is 5.75. The van der Waals surface area contributed by atoms with Crippen molar-refractivity contribution in [3.8, 4) is 0 Å². The van der Waals surface area contributed by atoms with Crippen molar-refractivity contribution >= 4 is 17.5 Å². The van der Waals surface area contributed by atoms with E-state index in [4.69, 9.17) is 5.11 Å². The summed E-state index contributed by atoms with van der Waals surface area (Å²) in [6, 6.07) is 11.2. The molecule has 1 aromatic carbocycles. The molecule has 0 unspecified atom stereocenters. The van der Waals surface area contributed by atoms with Gasteiger partial charge in [0.25, 0.3) is 0 Å². The minimum atomic E-state index is -0.818. The summed E-state index contributed by atoms with van der Waals surface area (Å²) < 4.78 is 0. The third kappa shape index (κ3) is 3.10. The predicted octanol–water partition coefficient (Wildman–Crippen LogP) is 3.32. The molecule has 0 fully saturated rings. The van der Waals surface area contributed by atoms with E-state index in [9.17, 15) is 4.79 Å². The number of carbonyl (C=O) groups is 1. The average molecular weight is 256 g/mol. The molecule has 4 nitrogen and oxygen atoms in total. The third-order valence-corrected chi connectivity index (χ3v) is 3.05. The Morgan fingerprint density at radius 3 is 2.53 bits per heavy atom. The molecule has 1 atom stereocenters. The molecule has 0 aliphatic heterocycles. The van der Waals surface area contributed by atoms with Crippen molar-refractivity contribution in [1.82, 2.24) is 4.98 Å². The van der Waals surface area contributed by atoms with Gasteiger partial charge in [0.1, 0.15) is 5.82 Å². The van der Waals surface area contributed by atoms with E-state index in [-0.39, 0.29) is 0 Å². The summed E-state index contributed by atoms with van der Waals surface area (Å²) in [6.45, 7) is 3.66. The first-order valence-corrected chi connectivity index (χ1v) is 6.09. The Labute approximate surface area is 112 Å². The summed E-state index contributed by atoms with van der Waals surface area (Å²) in [6.07, 6.45) is 1.73. The molecule has 0 bridgehead atoms. The first-order chi connectivity index (χ1) is 9.08. The van der Waals surface area contributed by atoms with Crippen LogP contribution in [0, 0.1) is 6.92 Å². The Balaban J connectivity index is 2.15. The molecule has 4 heteroatoms. The molecular formula is C15H16N2O2. The first kappa shape index (κ1) is 13.1. The maximum Gasteiger partial charge on any atom is 0.310 e. The monoisotopic (exact) mass is 256 g/mol. The van der Waals surface area contributed by atoms with E-state index in [0.717, 1.165) is 22.6 Å². The topological polar surface area (TPSA) is 62.2 Å². The van der Waals surface area contributed by atoms with E-state index in [0.29, 0.717) is 0 Å². The molecule has 2 rings (SSSR count). The van der Waals surface area contributed by atoms with Gasteiger partial charge in [-0.25, -0.2) is 4.98 Å². The molecule has 19 heavy (non-hydrogen) atoms. The molecule has 2 aromatic rings. The minimum Gasteiger partial charge on any atom is -0.481 e. The number of nitrogens with zero attached hydrogens (tertiary/aromatic N) is 1. The van der Waals surface area contributed by atoms with Crippen molar-refractivity contribution in [2.75, 3.05) is 5.32 Å². The smallest absolute Gasteiger partial charge is 0.310 e. The third-order valence-electron chi connectivity index (χ3n) is 3.05. The molecule has 2 N–H and O–H groups in total. The van der Waals surface area contributed by atoms with E-state index >= 15 is 0 Å².